The van der Waals surface area contributed by atoms with E-state index in [1.807, 2.05) is 0 Å². The highest BCUT2D eigenvalue weighted by Gasteiger charge is 2.69. The van der Waals surface area contributed by atoms with Crippen molar-refractivity contribution < 1.29 is 4.79 Å². The zero-order chi connectivity index (χ0) is 14.9. The molecule has 4 fully saturated rings. The van der Waals surface area contributed by atoms with Crippen molar-refractivity contribution >= 4 is 5.91 Å². The Kier molecular flexibility index (Phi) is 3.15. The van der Waals surface area contributed by atoms with Gasteiger partial charge in [-0.1, -0.05) is 27.7 Å². The predicted octanol–water partition coefficient (Wildman–Crippen LogP) is 2.86. The molecule has 6 atom stereocenters. The van der Waals surface area contributed by atoms with Crippen LogP contribution in [0.3, 0.4) is 0 Å². The largest absolute Gasteiger partial charge is 0.322 e. The van der Waals surface area contributed by atoms with Gasteiger partial charge in [-0.05, 0) is 61.2 Å². The maximum absolute atomic E-state index is 12.9. The second kappa shape index (κ2) is 4.71. The normalized spacial score (nSPS) is 47.8. The number of fused-ring (bicyclic) bond motifs is 5. The van der Waals surface area contributed by atoms with Crippen LogP contribution in [0.25, 0.3) is 0 Å². The summed E-state index contributed by atoms with van der Waals surface area (Å²) in [5.41, 5.74) is 0. The molecule has 0 aromatic heterocycles. The van der Waals surface area contributed by atoms with E-state index in [1.54, 1.807) is 0 Å². The molecule has 3 saturated carbocycles. The van der Waals surface area contributed by atoms with Gasteiger partial charge in [0.25, 0.3) is 0 Å². The van der Waals surface area contributed by atoms with Crippen LogP contribution in [0, 0.1) is 35.5 Å². The molecule has 2 bridgehead atoms. The van der Waals surface area contributed by atoms with E-state index in [4.69, 9.17) is 0 Å². The molecule has 1 N–H and O–H groups in total. The summed E-state index contributed by atoms with van der Waals surface area (Å²) in [6.07, 6.45) is 5.71. The summed E-state index contributed by atoms with van der Waals surface area (Å²) in [5, 5.41) is 3.66. The molecule has 21 heavy (non-hydrogen) atoms. The molecule has 4 aliphatic rings. The van der Waals surface area contributed by atoms with Crippen molar-refractivity contribution in [2.75, 3.05) is 0 Å². The fourth-order valence-electron chi connectivity index (χ4n) is 5.78. The molecule has 6 unspecified atom stereocenters. The van der Waals surface area contributed by atoms with Crippen LogP contribution in [-0.2, 0) is 4.79 Å². The lowest BCUT2D eigenvalue weighted by atomic mass is 10.0. The maximum atomic E-state index is 12.9. The Morgan fingerprint density at radius 3 is 2.29 bits per heavy atom. The Labute approximate surface area is 128 Å². The zero-order valence-corrected chi connectivity index (χ0v) is 13.9. The van der Waals surface area contributed by atoms with E-state index in [1.165, 1.54) is 19.3 Å². The number of carbonyl (C=O) groups excluding carboxylic acids is 1. The van der Waals surface area contributed by atoms with E-state index < -0.39 is 0 Å². The zero-order valence-electron chi connectivity index (χ0n) is 13.9. The van der Waals surface area contributed by atoms with Crippen LogP contribution >= 0.6 is 0 Å². The first-order valence-corrected chi connectivity index (χ1v) is 9.07. The average molecular weight is 290 g/mol. The van der Waals surface area contributed by atoms with Gasteiger partial charge in [0.15, 0.2) is 0 Å². The van der Waals surface area contributed by atoms with Gasteiger partial charge in [0.2, 0.25) is 5.91 Å². The van der Waals surface area contributed by atoms with E-state index >= 15 is 0 Å². The summed E-state index contributed by atoms with van der Waals surface area (Å²) in [5.74, 6) is 5.03. The van der Waals surface area contributed by atoms with Crippen molar-refractivity contribution in [1.29, 1.82) is 0 Å². The van der Waals surface area contributed by atoms with Gasteiger partial charge in [0.05, 0.1) is 12.2 Å². The highest BCUT2D eigenvalue weighted by molar-refractivity contribution is 5.85. The Hall–Kier alpha value is -0.570. The van der Waals surface area contributed by atoms with Crippen LogP contribution in [0.5, 0.6) is 0 Å². The van der Waals surface area contributed by atoms with E-state index in [2.05, 4.69) is 37.9 Å². The first-order chi connectivity index (χ1) is 9.99. The number of nitrogens with zero attached hydrogens (tertiary/aromatic N) is 1. The van der Waals surface area contributed by atoms with Gasteiger partial charge in [-0.3, -0.25) is 10.1 Å². The van der Waals surface area contributed by atoms with Crippen molar-refractivity contribution in [2.24, 2.45) is 35.5 Å². The third-order valence-electron chi connectivity index (χ3n) is 6.61. The molecule has 1 aliphatic heterocycles. The highest BCUT2D eigenvalue weighted by atomic mass is 16.2. The minimum absolute atomic E-state index is 0.0488. The van der Waals surface area contributed by atoms with Crippen molar-refractivity contribution in [3.63, 3.8) is 0 Å². The SMILES string of the molecule is CC(C)CC1NC(C(C)C)C(=O)N1C1C2C3CCC(C3)C21. The molecule has 3 nitrogen and oxygen atoms in total. The molecule has 3 heteroatoms. The van der Waals surface area contributed by atoms with Crippen molar-refractivity contribution in [3.8, 4) is 0 Å². The van der Waals surface area contributed by atoms with Crippen LogP contribution in [0.4, 0.5) is 0 Å². The van der Waals surface area contributed by atoms with Crippen LogP contribution in [0.1, 0.15) is 53.4 Å². The Balaban J connectivity index is 1.55. The van der Waals surface area contributed by atoms with Gasteiger partial charge in [-0.2, -0.15) is 0 Å². The first-order valence-electron chi connectivity index (χ1n) is 9.07. The standard InChI is InChI=1S/C18H30N2O/c1-9(2)7-13-19-16(10(3)4)18(21)20(13)17-14-11-5-6-12(8-11)15(14)17/h9-17,19H,5-8H2,1-4H3. The van der Waals surface area contributed by atoms with E-state index in [9.17, 15) is 4.79 Å². The average Bonchev–Trinajstić information content (AvgIpc) is 2.73. The third kappa shape index (κ3) is 1.99. The molecule has 0 aromatic rings. The lowest BCUT2D eigenvalue weighted by Gasteiger charge is -2.28. The van der Waals surface area contributed by atoms with E-state index in [0.717, 1.165) is 30.1 Å². The molecule has 1 saturated heterocycles. The van der Waals surface area contributed by atoms with E-state index in [-0.39, 0.29) is 6.04 Å². The monoisotopic (exact) mass is 290 g/mol. The van der Waals surface area contributed by atoms with Gasteiger partial charge >= 0.3 is 0 Å². The van der Waals surface area contributed by atoms with Gasteiger partial charge in [0.1, 0.15) is 0 Å². The van der Waals surface area contributed by atoms with Crippen LogP contribution < -0.4 is 5.32 Å². The number of hydrogen-bond acceptors (Lipinski definition) is 2. The molecule has 3 aliphatic carbocycles. The number of hydrogen-bond donors (Lipinski definition) is 1. The molecular weight excluding hydrogens is 260 g/mol. The molecule has 4 rings (SSSR count). The first kappa shape index (κ1) is 14.0. The Morgan fingerprint density at radius 2 is 1.76 bits per heavy atom. The summed E-state index contributed by atoms with van der Waals surface area (Å²) in [4.78, 5) is 15.3. The van der Waals surface area contributed by atoms with Gasteiger partial charge in [-0.15, -0.1) is 0 Å². The van der Waals surface area contributed by atoms with Gasteiger partial charge in [-0.25, -0.2) is 0 Å². The summed E-state index contributed by atoms with van der Waals surface area (Å²) < 4.78 is 0. The van der Waals surface area contributed by atoms with Crippen LogP contribution in [0.15, 0.2) is 0 Å². The summed E-state index contributed by atoms with van der Waals surface area (Å²) in [7, 11) is 0. The fraction of sp³-hybridized carbons (Fsp3) is 0.944. The second-order valence-corrected chi connectivity index (χ2v) is 8.76. The molecule has 0 radical (unpaired) electrons. The summed E-state index contributed by atoms with van der Waals surface area (Å²) in [6.45, 7) is 8.88. The van der Waals surface area contributed by atoms with Crippen LogP contribution in [-0.4, -0.2) is 29.1 Å². The van der Waals surface area contributed by atoms with Crippen molar-refractivity contribution in [1.82, 2.24) is 10.2 Å². The van der Waals surface area contributed by atoms with Crippen molar-refractivity contribution in [2.45, 2.75) is 71.6 Å². The number of amides is 1. The molecule has 0 spiro atoms. The minimum Gasteiger partial charge on any atom is -0.322 e. The third-order valence-corrected chi connectivity index (χ3v) is 6.61. The predicted molar refractivity (Wildman–Crippen MR) is 83.4 cm³/mol. The molecular formula is C18H30N2O. The summed E-state index contributed by atoms with van der Waals surface area (Å²) >= 11 is 0. The topological polar surface area (TPSA) is 32.3 Å². The molecule has 118 valence electrons. The maximum Gasteiger partial charge on any atom is 0.241 e. The highest BCUT2D eigenvalue weighted by Crippen LogP contribution is 2.67. The van der Waals surface area contributed by atoms with Crippen molar-refractivity contribution in [3.05, 3.63) is 0 Å². The van der Waals surface area contributed by atoms with E-state index in [0.29, 0.717) is 30.0 Å². The lowest BCUT2D eigenvalue weighted by Crippen LogP contribution is -2.42. The molecule has 1 heterocycles. The molecule has 0 aromatic carbocycles. The number of carbonyl (C=O) groups is 1. The smallest absolute Gasteiger partial charge is 0.241 e. The summed E-state index contributed by atoms with van der Waals surface area (Å²) in [6, 6.07) is 0.636. The molecule has 1 amide bonds. The fourth-order valence-corrected chi connectivity index (χ4v) is 5.78. The number of nitrogens with one attached hydrogen (secondary N) is 1. The van der Waals surface area contributed by atoms with Gasteiger partial charge < -0.3 is 4.90 Å². The quantitative estimate of drug-likeness (QED) is 0.863. The second-order valence-electron chi connectivity index (χ2n) is 8.76. The van der Waals surface area contributed by atoms with Gasteiger partial charge in [0, 0.05) is 6.04 Å². The number of rotatable bonds is 4. The Morgan fingerprint density at radius 1 is 1.14 bits per heavy atom. The van der Waals surface area contributed by atoms with Crippen LogP contribution in [0.2, 0.25) is 0 Å². The minimum atomic E-state index is 0.0488. The Bertz CT molecular complexity index is 430. The lowest BCUT2D eigenvalue weighted by molar-refractivity contribution is -0.132.